The first kappa shape index (κ1) is 28.6. The van der Waals surface area contributed by atoms with Crippen LogP contribution in [0.25, 0.3) is 11.3 Å². The van der Waals surface area contributed by atoms with Crippen LogP contribution in [-0.4, -0.2) is 58.1 Å². The highest BCUT2D eigenvalue weighted by Gasteiger charge is 2.40. The Bertz CT molecular complexity index is 1320. The minimum absolute atomic E-state index is 0.0422. The van der Waals surface area contributed by atoms with E-state index in [4.69, 9.17) is 27.6 Å². The third-order valence-electron chi connectivity index (χ3n) is 7.37. The summed E-state index contributed by atoms with van der Waals surface area (Å²) < 4.78 is 8.22. The van der Waals surface area contributed by atoms with Crippen molar-refractivity contribution in [3.63, 3.8) is 0 Å². The number of carbonyl (C=O) groups is 1. The first-order valence-corrected chi connectivity index (χ1v) is 16.3. The number of benzene rings is 1. The van der Waals surface area contributed by atoms with E-state index >= 15 is 0 Å². The maximum atomic E-state index is 13.7. The van der Waals surface area contributed by atoms with Gasteiger partial charge < -0.3 is 19.7 Å². The highest BCUT2D eigenvalue weighted by molar-refractivity contribution is 6.74. The number of hydrogen-bond donors (Lipinski definition) is 2. The fourth-order valence-electron chi connectivity index (χ4n) is 4.05. The van der Waals surface area contributed by atoms with Gasteiger partial charge in [0.15, 0.2) is 8.32 Å². The molecule has 0 radical (unpaired) electrons. The van der Waals surface area contributed by atoms with E-state index in [1.165, 1.54) is 6.20 Å². The summed E-state index contributed by atoms with van der Waals surface area (Å²) in [5.41, 5.74) is 3.00. The van der Waals surface area contributed by atoms with Gasteiger partial charge in [0.05, 0.1) is 42.7 Å². The Morgan fingerprint density at radius 1 is 1.24 bits per heavy atom. The van der Waals surface area contributed by atoms with E-state index in [9.17, 15) is 9.90 Å². The third-order valence-corrected chi connectivity index (χ3v) is 12.4. The van der Waals surface area contributed by atoms with Gasteiger partial charge in [0.2, 0.25) is 5.95 Å². The molecular formula is C27H35Cl2N5O3Si. The van der Waals surface area contributed by atoms with E-state index in [2.05, 4.69) is 49.1 Å². The van der Waals surface area contributed by atoms with Crippen LogP contribution in [-0.2, 0) is 11.0 Å². The molecule has 0 saturated carbocycles. The lowest BCUT2D eigenvalue weighted by Gasteiger charge is -2.38. The Morgan fingerprint density at radius 3 is 2.61 bits per heavy atom. The van der Waals surface area contributed by atoms with Crippen molar-refractivity contribution < 1.29 is 14.3 Å². The molecular weight excluding hydrogens is 541 g/mol. The number of aliphatic hydroxyl groups is 1. The lowest BCUT2D eigenvalue weighted by atomic mass is 10.1. The number of anilines is 1. The molecule has 0 saturated heterocycles. The summed E-state index contributed by atoms with van der Waals surface area (Å²) in [5.74, 6) is 0.356. The molecule has 1 aliphatic heterocycles. The molecule has 0 spiro atoms. The molecule has 11 heteroatoms. The minimum atomic E-state index is -2.06. The van der Waals surface area contributed by atoms with Crippen LogP contribution in [0.4, 0.5) is 10.7 Å². The van der Waals surface area contributed by atoms with E-state index < -0.39 is 8.32 Å². The van der Waals surface area contributed by atoms with Crippen LogP contribution in [0.1, 0.15) is 45.0 Å². The number of fused-ring (bicyclic) bond motifs is 1. The van der Waals surface area contributed by atoms with Crippen LogP contribution in [0, 0.1) is 0 Å². The van der Waals surface area contributed by atoms with Crippen LogP contribution in [0.2, 0.25) is 28.2 Å². The molecule has 3 aromatic rings. The quantitative estimate of drug-likeness (QED) is 0.279. The average Bonchev–Trinajstić information content (AvgIpc) is 3.39. The molecule has 2 aromatic heterocycles. The number of halogens is 2. The summed E-state index contributed by atoms with van der Waals surface area (Å²) >= 11 is 12.8. The molecule has 0 aliphatic carbocycles. The Balaban J connectivity index is 1.62. The molecule has 1 aliphatic rings. The number of nitrogens with zero attached hydrogens (tertiary/aromatic N) is 4. The standard InChI is InChI=1S/C27H35Cl2N5O3Si/c1-17(15-35)31-25-30-12-22(29)24(32-25)19-11-21-14-34(26(36)33(21)13-19)23(18-8-7-9-20(28)10-18)16-37-38(5,6)27(2,3)4/h7-13,17,23,35H,14-16H2,1-6H3,(H,30,31,32)/t17-,23+/m0/s1. The van der Waals surface area contributed by atoms with E-state index in [0.29, 0.717) is 34.8 Å². The molecule has 0 fully saturated rings. The summed E-state index contributed by atoms with van der Waals surface area (Å²) in [6, 6.07) is 8.88. The van der Waals surface area contributed by atoms with Gasteiger partial charge in [0.1, 0.15) is 0 Å². The number of aliphatic hydroxyl groups excluding tert-OH is 1. The first-order chi connectivity index (χ1) is 17.8. The van der Waals surface area contributed by atoms with Crippen LogP contribution >= 0.6 is 23.2 Å². The first-order valence-electron chi connectivity index (χ1n) is 12.6. The highest BCUT2D eigenvalue weighted by Crippen LogP contribution is 2.39. The number of aromatic nitrogens is 3. The van der Waals surface area contributed by atoms with Crippen molar-refractivity contribution in [3.8, 4) is 11.3 Å². The number of nitrogens with one attached hydrogen (secondary N) is 1. The van der Waals surface area contributed by atoms with Gasteiger partial charge in [-0.25, -0.2) is 14.8 Å². The maximum absolute atomic E-state index is 13.7. The largest absolute Gasteiger partial charge is 0.414 e. The van der Waals surface area contributed by atoms with Gasteiger partial charge in [-0.3, -0.25) is 4.57 Å². The number of amides is 1. The van der Waals surface area contributed by atoms with E-state index in [1.807, 2.05) is 42.2 Å². The van der Waals surface area contributed by atoms with E-state index in [0.717, 1.165) is 16.8 Å². The normalized spacial score (nSPS) is 15.5. The molecule has 1 aromatic carbocycles. The van der Waals surface area contributed by atoms with Crippen LogP contribution < -0.4 is 5.32 Å². The van der Waals surface area contributed by atoms with Gasteiger partial charge in [0.25, 0.3) is 0 Å². The molecule has 4 rings (SSSR count). The minimum Gasteiger partial charge on any atom is -0.414 e. The molecule has 3 heterocycles. The van der Waals surface area contributed by atoms with Crippen molar-refractivity contribution in [1.82, 2.24) is 19.4 Å². The zero-order valence-electron chi connectivity index (χ0n) is 22.6. The third kappa shape index (κ3) is 5.92. The monoisotopic (exact) mass is 575 g/mol. The summed E-state index contributed by atoms with van der Waals surface area (Å²) in [6.07, 6.45) is 3.27. The second kappa shape index (κ2) is 11.0. The maximum Gasteiger partial charge on any atom is 0.329 e. The van der Waals surface area contributed by atoms with Crippen LogP contribution in [0.5, 0.6) is 0 Å². The zero-order chi connectivity index (χ0) is 27.8. The molecule has 8 nitrogen and oxygen atoms in total. The van der Waals surface area contributed by atoms with Crippen molar-refractivity contribution in [3.05, 3.63) is 64.0 Å². The molecule has 0 bridgehead atoms. The smallest absolute Gasteiger partial charge is 0.329 e. The summed E-state index contributed by atoms with van der Waals surface area (Å²) in [5, 5.41) is 13.4. The van der Waals surface area contributed by atoms with Crippen LogP contribution in [0.15, 0.2) is 42.7 Å². The van der Waals surface area contributed by atoms with Gasteiger partial charge in [-0.2, -0.15) is 0 Å². The second-order valence-electron chi connectivity index (χ2n) is 11.3. The van der Waals surface area contributed by atoms with Gasteiger partial charge in [-0.1, -0.05) is 56.1 Å². The van der Waals surface area contributed by atoms with Crippen molar-refractivity contribution in [2.75, 3.05) is 18.5 Å². The second-order valence-corrected chi connectivity index (χ2v) is 16.9. The Labute approximate surface area is 235 Å². The van der Waals surface area contributed by atoms with E-state index in [-0.39, 0.29) is 29.8 Å². The fraction of sp³-hybridized carbons (Fsp3) is 0.444. The van der Waals surface area contributed by atoms with Crippen molar-refractivity contribution in [2.24, 2.45) is 0 Å². The van der Waals surface area contributed by atoms with Crippen molar-refractivity contribution in [2.45, 2.75) is 64.5 Å². The Morgan fingerprint density at radius 2 is 1.97 bits per heavy atom. The Hall–Kier alpha value is -2.43. The molecule has 0 unspecified atom stereocenters. The molecule has 2 atom stereocenters. The Kier molecular flexibility index (Phi) is 8.25. The SMILES string of the molecule is C[C@@H](CO)Nc1ncc(Cl)c(-c2cc3n(c2)C(=O)N([C@H](CO[Si](C)(C)C(C)(C)C)c2cccc(Cl)c2)C3)n1. The topological polar surface area (TPSA) is 92.5 Å². The van der Waals surface area contributed by atoms with Gasteiger partial charge >= 0.3 is 6.03 Å². The van der Waals surface area contributed by atoms with Gasteiger partial charge in [-0.05, 0) is 48.8 Å². The fourth-order valence-corrected chi connectivity index (χ4v) is 5.46. The van der Waals surface area contributed by atoms with Gasteiger partial charge in [-0.15, -0.1) is 0 Å². The molecule has 204 valence electrons. The number of rotatable bonds is 9. The molecule has 1 amide bonds. The van der Waals surface area contributed by atoms with Crippen molar-refractivity contribution >= 4 is 43.5 Å². The van der Waals surface area contributed by atoms with E-state index in [1.54, 1.807) is 10.8 Å². The lowest BCUT2D eigenvalue weighted by Crippen LogP contribution is -2.44. The summed E-state index contributed by atoms with van der Waals surface area (Å²) in [6.45, 7) is 13.6. The zero-order valence-corrected chi connectivity index (χ0v) is 25.1. The summed E-state index contributed by atoms with van der Waals surface area (Å²) in [4.78, 5) is 24.3. The predicted molar refractivity (Wildman–Crippen MR) is 154 cm³/mol. The highest BCUT2D eigenvalue weighted by atomic mass is 35.5. The van der Waals surface area contributed by atoms with Crippen LogP contribution in [0.3, 0.4) is 0 Å². The van der Waals surface area contributed by atoms with Crippen molar-refractivity contribution in [1.29, 1.82) is 0 Å². The summed E-state index contributed by atoms with van der Waals surface area (Å²) in [7, 11) is -2.06. The average molecular weight is 577 g/mol. The molecule has 2 N–H and O–H groups in total. The lowest BCUT2D eigenvalue weighted by molar-refractivity contribution is 0.144. The van der Waals surface area contributed by atoms with Gasteiger partial charge in [0, 0.05) is 28.5 Å². The molecule has 38 heavy (non-hydrogen) atoms. The number of carbonyl (C=O) groups excluding carboxylic acids is 1. The predicted octanol–water partition coefficient (Wildman–Crippen LogP) is 6.59. The number of hydrogen-bond acceptors (Lipinski definition) is 6.